The molecule has 1 aliphatic carbocycles. The van der Waals surface area contributed by atoms with E-state index in [1.807, 2.05) is 32.8 Å². The van der Waals surface area contributed by atoms with Crippen LogP contribution in [0.2, 0.25) is 0 Å². The first-order chi connectivity index (χ1) is 10.9. The molecule has 0 spiro atoms. The monoisotopic (exact) mass is 332 g/mol. The van der Waals surface area contributed by atoms with Gasteiger partial charge in [-0.05, 0) is 40.0 Å². The van der Waals surface area contributed by atoms with E-state index in [4.69, 9.17) is 4.98 Å². The van der Waals surface area contributed by atoms with Crippen LogP contribution >= 0.6 is 11.3 Å². The Labute approximate surface area is 141 Å². The van der Waals surface area contributed by atoms with Gasteiger partial charge in [-0.2, -0.15) is 5.10 Å². The second kappa shape index (κ2) is 6.07. The van der Waals surface area contributed by atoms with Crippen LogP contribution in [0.25, 0.3) is 0 Å². The number of aryl methyl sites for hydroxylation is 4. The number of aromatic nitrogens is 3. The summed E-state index contributed by atoms with van der Waals surface area (Å²) in [5.74, 6) is 0.419. The number of fused-ring (bicyclic) bond motifs is 1. The summed E-state index contributed by atoms with van der Waals surface area (Å²) < 4.78 is 1.78. The Morgan fingerprint density at radius 2 is 2.13 bits per heavy atom. The van der Waals surface area contributed by atoms with Crippen molar-refractivity contribution in [3.8, 4) is 0 Å². The number of rotatable bonds is 3. The minimum Gasteiger partial charge on any atom is -0.341 e. The number of carbonyl (C=O) groups is 1. The predicted octanol–water partition coefficient (Wildman–Crippen LogP) is 2.99. The van der Waals surface area contributed by atoms with E-state index in [-0.39, 0.29) is 5.91 Å². The molecule has 0 fully saturated rings. The minimum absolute atomic E-state index is 0.0622. The zero-order valence-corrected chi connectivity index (χ0v) is 15.3. The quantitative estimate of drug-likeness (QED) is 0.868. The molecule has 2 aromatic heterocycles. The van der Waals surface area contributed by atoms with E-state index >= 15 is 0 Å². The third kappa shape index (κ3) is 2.92. The maximum Gasteiger partial charge on any atom is 0.257 e. The molecule has 6 heteroatoms. The topological polar surface area (TPSA) is 51.0 Å². The summed E-state index contributed by atoms with van der Waals surface area (Å²) in [5, 5.41) is 5.49. The van der Waals surface area contributed by atoms with Gasteiger partial charge in [-0.3, -0.25) is 9.48 Å². The maximum absolute atomic E-state index is 12.8. The van der Waals surface area contributed by atoms with Crippen LogP contribution in [0.1, 0.15) is 56.1 Å². The summed E-state index contributed by atoms with van der Waals surface area (Å²) >= 11 is 1.81. The number of likely N-dealkylation sites (N-methyl/N-ethyl adjacent to an activating group) is 1. The molecule has 0 aromatic carbocycles. The summed E-state index contributed by atoms with van der Waals surface area (Å²) in [5.41, 5.74) is 3.68. The Hall–Kier alpha value is -1.69. The molecule has 2 heterocycles. The molecule has 0 aliphatic heterocycles. The summed E-state index contributed by atoms with van der Waals surface area (Å²) in [6.45, 7) is 6.64. The zero-order valence-electron chi connectivity index (χ0n) is 14.5. The highest BCUT2D eigenvalue weighted by molar-refractivity contribution is 7.11. The van der Waals surface area contributed by atoms with Crippen LogP contribution < -0.4 is 0 Å². The lowest BCUT2D eigenvalue weighted by Crippen LogP contribution is -2.33. The van der Waals surface area contributed by atoms with E-state index in [9.17, 15) is 4.79 Å². The highest BCUT2D eigenvalue weighted by Gasteiger charge is 2.28. The minimum atomic E-state index is 0.0622. The molecule has 0 N–H and O–H groups in total. The molecule has 0 saturated heterocycles. The number of nitrogens with zero attached hydrogens (tertiary/aromatic N) is 4. The molecule has 1 amide bonds. The van der Waals surface area contributed by atoms with Crippen molar-refractivity contribution in [1.82, 2.24) is 19.7 Å². The highest BCUT2D eigenvalue weighted by atomic mass is 32.1. The summed E-state index contributed by atoms with van der Waals surface area (Å²) in [7, 11) is 3.77. The first-order valence-electron chi connectivity index (χ1n) is 8.10. The molecule has 124 valence electrons. The van der Waals surface area contributed by atoms with E-state index in [1.165, 1.54) is 17.0 Å². The second-order valence-electron chi connectivity index (χ2n) is 6.49. The van der Waals surface area contributed by atoms with Crippen LogP contribution in [0.4, 0.5) is 0 Å². The molecule has 2 aromatic rings. The van der Waals surface area contributed by atoms with Gasteiger partial charge in [0.2, 0.25) is 0 Å². The van der Waals surface area contributed by atoms with Crippen LogP contribution in [0.3, 0.4) is 0 Å². The van der Waals surface area contributed by atoms with Gasteiger partial charge in [0.1, 0.15) is 0 Å². The third-order valence-electron chi connectivity index (χ3n) is 4.74. The van der Waals surface area contributed by atoms with Crippen molar-refractivity contribution < 1.29 is 4.79 Å². The molecule has 3 rings (SSSR count). The summed E-state index contributed by atoms with van der Waals surface area (Å²) in [6, 6.07) is 0. The normalized spacial score (nSPS) is 17.2. The zero-order chi connectivity index (χ0) is 16.7. The van der Waals surface area contributed by atoms with Crippen LogP contribution in [0.15, 0.2) is 0 Å². The third-order valence-corrected chi connectivity index (χ3v) is 5.79. The fourth-order valence-electron chi connectivity index (χ4n) is 3.49. The lowest BCUT2D eigenvalue weighted by molar-refractivity contribution is 0.0781. The Bertz CT molecular complexity index is 746. The first kappa shape index (κ1) is 16.2. The van der Waals surface area contributed by atoms with Gasteiger partial charge < -0.3 is 4.90 Å². The van der Waals surface area contributed by atoms with E-state index < -0.39 is 0 Å². The molecule has 0 saturated carbocycles. The summed E-state index contributed by atoms with van der Waals surface area (Å²) in [6.07, 6.45) is 3.43. The summed E-state index contributed by atoms with van der Waals surface area (Å²) in [4.78, 5) is 20.8. The van der Waals surface area contributed by atoms with Gasteiger partial charge in [0, 0.05) is 37.1 Å². The van der Waals surface area contributed by atoms with Crippen molar-refractivity contribution in [1.29, 1.82) is 0 Å². The Morgan fingerprint density at radius 1 is 1.39 bits per heavy atom. The SMILES string of the molecule is Cc1nc2c(s1)CCCC2CN(C)C(=O)c1c(C)nn(C)c1C. The fraction of sp³-hybridized carbons (Fsp3) is 0.588. The average Bonchev–Trinajstić information content (AvgIpc) is 2.98. The predicted molar refractivity (Wildman–Crippen MR) is 92.2 cm³/mol. The average molecular weight is 332 g/mol. The van der Waals surface area contributed by atoms with Crippen molar-refractivity contribution in [3.63, 3.8) is 0 Å². The number of thiazole rings is 1. The van der Waals surface area contributed by atoms with Crippen molar-refractivity contribution in [2.45, 2.75) is 46.0 Å². The van der Waals surface area contributed by atoms with Gasteiger partial charge in [-0.25, -0.2) is 4.98 Å². The van der Waals surface area contributed by atoms with Gasteiger partial charge in [-0.1, -0.05) is 0 Å². The standard InChI is InChI=1S/C17H24N4OS/c1-10-15(11(2)21(5)19-10)17(22)20(4)9-13-7-6-8-14-16(13)18-12(3)23-14/h13H,6-9H2,1-5H3. The Balaban J connectivity index is 1.80. The van der Waals surface area contributed by atoms with Crippen LogP contribution in [0.5, 0.6) is 0 Å². The maximum atomic E-state index is 12.8. The van der Waals surface area contributed by atoms with Gasteiger partial charge in [0.15, 0.2) is 0 Å². The van der Waals surface area contributed by atoms with E-state index in [0.717, 1.165) is 41.3 Å². The van der Waals surface area contributed by atoms with Crippen LogP contribution in [-0.4, -0.2) is 39.2 Å². The number of amides is 1. The van der Waals surface area contributed by atoms with Gasteiger partial charge in [-0.15, -0.1) is 11.3 Å². The first-order valence-corrected chi connectivity index (χ1v) is 8.92. The van der Waals surface area contributed by atoms with Crippen molar-refractivity contribution >= 4 is 17.2 Å². The van der Waals surface area contributed by atoms with Crippen molar-refractivity contribution in [2.75, 3.05) is 13.6 Å². The van der Waals surface area contributed by atoms with Gasteiger partial charge in [0.05, 0.1) is 22.0 Å². The second-order valence-corrected chi connectivity index (χ2v) is 7.77. The molecule has 1 aliphatic rings. The lowest BCUT2D eigenvalue weighted by atomic mass is 9.90. The molecule has 0 radical (unpaired) electrons. The molecule has 1 atom stereocenters. The number of hydrogen-bond acceptors (Lipinski definition) is 4. The van der Waals surface area contributed by atoms with E-state index in [1.54, 1.807) is 16.0 Å². The Morgan fingerprint density at radius 3 is 2.78 bits per heavy atom. The smallest absolute Gasteiger partial charge is 0.257 e. The molecule has 5 nitrogen and oxygen atoms in total. The largest absolute Gasteiger partial charge is 0.341 e. The number of hydrogen-bond donors (Lipinski definition) is 0. The van der Waals surface area contributed by atoms with Crippen molar-refractivity contribution in [3.05, 3.63) is 32.5 Å². The van der Waals surface area contributed by atoms with E-state index in [2.05, 4.69) is 12.0 Å². The highest BCUT2D eigenvalue weighted by Crippen LogP contribution is 2.35. The molecule has 0 bridgehead atoms. The van der Waals surface area contributed by atoms with Crippen LogP contribution in [-0.2, 0) is 13.5 Å². The fourth-order valence-corrected chi connectivity index (χ4v) is 4.56. The number of carbonyl (C=O) groups excluding carboxylic acids is 1. The molecule has 23 heavy (non-hydrogen) atoms. The van der Waals surface area contributed by atoms with Gasteiger partial charge >= 0.3 is 0 Å². The molecular formula is C17H24N4OS. The van der Waals surface area contributed by atoms with Crippen molar-refractivity contribution in [2.24, 2.45) is 7.05 Å². The van der Waals surface area contributed by atoms with Gasteiger partial charge in [0.25, 0.3) is 5.91 Å². The Kier molecular flexibility index (Phi) is 4.27. The van der Waals surface area contributed by atoms with Crippen LogP contribution in [0, 0.1) is 20.8 Å². The molecule has 1 unspecified atom stereocenters. The molecular weight excluding hydrogens is 308 g/mol. The lowest BCUT2D eigenvalue weighted by Gasteiger charge is -2.26. The van der Waals surface area contributed by atoms with E-state index in [0.29, 0.717) is 5.92 Å².